The van der Waals surface area contributed by atoms with Gasteiger partial charge in [0.15, 0.2) is 0 Å². The van der Waals surface area contributed by atoms with Crippen LogP contribution < -0.4 is 15.5 Å². The van der Waals surface area contributed by atoms with Gasteiger partial charge >= 0.3 is 0 Å². The van der Waals surface area contributed by atoms with Gasteiger partial charge in [0.05, 0.1) is 12.1 Å². The molecule has 0 radical (unpaired) electrons. The van der Waals surface area contributed by atoms with Crippen molar-refractivity contribution in [2.45, 2.75) is 18.6 Å². The van der Waals surface area contributed by atoms with Crippen molar-refractivity contribution >= 4 is 17.6 Å². The van der Waals surface area contributed by atoms with E-state index in [4.69, 9.17) is 0 Å². The molecule has 1 fully saturated rings. The highest BCUT2D eigenvalue weighted by molar-refractivity contribution is 5.95. The normalized spacial score (nSPS) is 19.7. The van der Waals surface area contributed by atoms with Crippen LogP contribution in [0.15, 0.2) is 48.7 Å². The highest BCUT2D eigenvalue weighted by Crippen LogP contribution is 2.19. The monoisotopic (exact) mass is 354 g/mol. The van der Waals surface area contributed by atoms with Crippen molar-refractivity contribution in [3.63, 3.8) is 0 Å². The van der Waals surface area contributed by atoms with Gasteiger partial charge in [0, 0.05) is 37.5 Å². The van der Waals surface area contributed by atoms with E-state index in [9.17, 15) is 14.7 Å². The number of hydrogen-bond acceptors (Lipinski definition) is 5. The van der Waals surface area contributed by atoms with Crippen LogP contribution in [0.25, 0.3) is 0 Å². The summed E-state index contributed by atoms with van der Waals surface area (Å²) in [5.74, 6) is 0.264. The molecule has 1 aromatic carbocycles. The number of benzene rings is 1. The van der Waals surface area contributed by atoms with Crippen LogP contribution in [-0.4, -0.2) is 54.2 Å². The van der Waals surface area contributed by atoms with Crippen molar-refractivity contribution in [3.8, 4) is 0 Å². The first-order valence-electron chi connectivity index (χ1n) is 8.55. The van der Waals surface area contributed by atoms with E-state index in [0.717, 1.165) is 0 Å². The SMILES string of the molecule is CNC(=O)c1ccnc(N2CC[C@@H](NC(=O)c3ccccc3)[C@H](O)C2)c1. The number of carbonyl (C=O) groups excluding carboxylic acids is 2. The Morgan fingerprint density at radius 2 is 1.92 bits per heavy atom. The van der Waals surface area contributed by atoms with Crippen LogP contribution in [0, 0.1) is 0 Å². The van der Waals surface area contributed by atoms with Crippen LogP contribution in [0.2, 0.25) is 0 Å². The summed E-state index contributed by atoms with van der Waals surface area (Å²) in [7, 11) is 1.58. The summed E-state index contributed by atoms with van der Waals surface area (Å²) >= 11 is 0. The second-order valence-corrected chi connectivity index (χ2v) is 6.23. The highest BCUT2D eigenvalue weighted by atomic mass is 16.3. The van der Waals surface area contributed by atoms with Gasteiger partial charge < -0.3 is 20.6 Å². The van der Waals surface area contributed by atoms with Gasteiger partial charge in [-0.3, -0.25) is 9.59 Å². The van der Waals surface area contributed by atoms with Crippen LogP contribution in [0.3, 0.4) is 0 Å². The Morgan fingerprint density at radius 1 is 1.15 bits per heavy atom. The number of carbonyl (C=O) groups is 2. The number of aliphatic hydroxyl groups excluding tert-OH is 1. The number of rotatable bonds is 4. The minimum Gasteiger partial charge on any atom is -0.389 e. The molecular weight excluding hydrogens is 332 g/mol. The first kappa shape index (κ1) is 17.9. The maximum atomic E-state index is 12.3. The summed E-state index contributed by atoms with van der Waals surface area (Å²) in [4.78, 5) is 30.3. The molecule has 1 aromatic heterocycles. The van der Waals surface area contributed by atoms with E-state index in [1.54, 1.807) is 49.6 Å². The van der Waals surface area contributed by atoms with Crippen LogP contribution in [0.1, 0.15) is 27.1 Å². The number of hydrogen-bond donors (Lipinski definition) is 3. The summed E-state index contributed by atoms with van der Waals surface area (Å²) in [6, 6.07) is 12.0. The fourth-order valence-electron chi connectivity index (χ4n) is 3.03. The zero-order chi connectivity index (χ0) is 18.5. The second-order valence-electron chi connectivity index (χ2n) is 6.23. The molecule has 2 heterocycles. The highest BCUT2D eigenvalue weighted by Gasteiger charge is 2.30. The summed E-state index contributed by atoms with van der Waals surface area (Å²) in [5, 5.41) is 15.9. The standard InChI is InChI=1S/C19H22N4O3/c1-20-18(25)14-7-9-21-17(11-14)23-10-8-15(16(24)12-23)22-19(26)13-5-3-2-4-6-13/h2-7,9,11,15-16,24H,8,10,12H2,1H3,(H,20,25)(H,22,26)/t15-,16-/m1/s1. The molecule has 26 heavy (non-hydrogen) atoms. The van der Waals surface area contributed by atoms with Crippen LogP contribution in [0.5, 0.6) is 0 Å². The van der Waals surface area contributed by atoms with Gasteiger partial charge in [0.1, 0.15) is 5.82 Å². The first-order chi connectivity index (χ1) is 12.6. The van der Waals surface area contributed by atoms with Gasteiger partial charge in [0.25, 0.3) is 11.8 Å². The number of aliphatic hydroxyl groups is 1. The lowest BCUT2D eigenvalue weighted by Crippen LogP contribution is -2.54. The lowest BCUT2D eigenvalue weighted by atomic mass is 10.0. The molecule has 0 saturated carbocycles. The third-order valence-electron chi connectivity index (χ3n) is 4.49. The Kier molecular flexibility index (Phi) is 5.48. The summed E-state index contributed by atoms with van der Waals surface area (Å²) in [6.45, 7) is 0.963. The van der Waals surface area contributed by atoms with Gasteiger partial charge in [-0.2, -0.15) is 0 Å². The largest absolute Gasteiger partial charge is 0.389 e. The second kappa shape index (κ2) is 7.97. The molecule has 2 aromatic rings. The molecule has 2 atom stereocenters. The van der Waals surface area contributed by atoms with Crippen LogP contribution in [0.4, 0.5) is 5.82 Å². The fraction of sp³-hybridized carbons (Fsp3) is 0.316. The minimum absolute atomic E-state index is 0.181. The van der Waals surface area contributed by atoms with E-state index in [0.29, 0.717) is 36.5 Å². The van der Waals surface area contributed by atoms with Gasteiger partial charge in [0.2, 0.25) is 0 Å². The van der Waals surface area contributed by atoms with Crippen molar-refractivity contribution in [2.24, 2.45) is 0 Å². The molecule has 0 spiro atoms. The average molecular weight is 354 g/mol. The van der Waals surface area contributed by atoms with E-state index >= 15 is 0 Å². The smallest absolute Gasteiger partial charge is 0.251 e. The van der Waals surface area contributed by atoms with Crippen molar-refractivity contribution < 1.29 is 14.7 Å². The summed E-state index contributed by atoms with van der Waals surface area (Å²) in [5.41, 5.74) is 1.09. The molecule has 1 aliphatic heterocycles. The number of aromatic nitrogens is 1. The zero-order valence-electron chi connectivity index (χ0n) is 14.6. The third-order valence-corrected chi connectivity index (χ3v) is 4.49. The quantitative estimate of drug-likeness (QED) is 0.755. The van der Waals surface area contributed by atoms with E-state index in [1.807, 2.05) is 11.0 Å². The predicted octanol–water partition coefficient (Wildman–Crippen LogP) is 0.811. The van der Waals surface area contributed by atoms with Crippen molar-refractivity contribution in [2.75, 3.05) is 25.0 Å². The molecule has 0 aliphatic carbocycles. The molecule has 1 aliphatic rings. The van der Waals surface area contributed by atoms with E-state index in [1.165, 1.54) is 0 Å². The summed E-state index contributed by atoms with van der Waals surface area (Å²) in [6.07, 6.45) is 1.45. The van der Waals surface area contributed by atoms with Crippen molar-refractivity contribution in [1.29, 1.82) is 0 Å². The van der Waals surface area contributed by atoms with Gasteiger partial charge in [-0.1, -0.05) is 18.2 Å². The minimum atomic E-state index is -0.720. The van der Waals surface area contributed by atoms with E-state index < -0.39 is 6.10 Å². The molecule has 7 heteroatoms. The lowest BCUT2D eigenvalue weighted by Gasteiger charge is -2.37. The Hall–Kier alpha value is -2.93. The molecule has 0 unspecified atom stereocenters. The summed E-state index contributed by atoms with van der Waals surface area (Å²) < 4.78 is 0. The van der Waals surface area contributed by atoms with Crippen molar-refractivity contribution in [1.82, 2.24) is 15.6 Å². The molecule has 3 N–H and O–H groups in total. The van der Waals surface area contributed by atoms with Gasteiger partial charge in [-0.05, 0) is 30.7 Å². The number of nitrogens with one attached hydrogen (secondary N) is 2. The first-order valence-corrected chi connectivity index (χ1v) is 8.55. The zero-order valence-corrected chi connectivity index (χ0v) is 14.6. The van der Waals surface area contributed by atoms with E-state index in [2.05, 4.69) is 15.6 Å². The van der Waals surface area contributed by atoms with Crippen LogP contribution in [-0.2, 0) is 0 Å². The van der Waals surface area contributed by atoms with E-state index in [-0.39, 0.29) is 17.9 Å². The molecular formula is C19H22N4O3. The Bertz CT molecular complexity index is 781. The molecule has 2 amide bonds. The molecule has 136 valence electrons. The topological polar surface area (TPSA) is 94.6 Å². The fourth-order valence-corrected chi connectivity index (χ4v) is 3.03. The van der Waals surface area contributed by atoms with Gasteiger partial charge in [-0.25, -0.2) is 4.98 Å². The molecule has 0 bridgehead atoms. The molecule has 3 rings (SSSR count). The number of piperidine rings is 1. The number of anilines is 1. The lowest BCUT2D eigenvalue weighted by molar-refractivity contribution is 0.0797. The van der Waals surface area contributed by atoms with Crippen molar-refractivity contribution in [3.05, 3.63) is 59.8 Å². The number of nitrogens with zero attached hydrogens (tertiary/aromatic N) is 2. The Balaban J connectivity index is 1.63. The molecule has 1 saturated heterocycles. The van der Waals surface area contributed by atoms with Crippen LogP contribution >= 0.6 is 0 Å². The number of pyridine rings is 1. The predicted molar refractivity (Wildman–Crippen MR) is 98.2 cm³/mol. The molecule has 7 nitrogen and oxygen atoms in total. The average Bonchev–Trinajstić information content (AvgIpc) is 2.69. The Morgan fingerprint density at radius 3 is 2.62 bits per heavy atom. The Labute approximate surface area is 152 Å². The third kappa shape index (κ3) is 4.00. The maximum absolute atomic E-state index is 12.3. The number of amides is 2. The number of β-amino-alcohol motifs (C(OH)–C–C–N with tert-alkyl or cyclic N) is 1. The maximum Gasteiger partial charge on any atom is 0.251 e. The van der Waals surface area contributed by atoms with Gasteiger partial charge in [-0.15, -0.1) is 0 Å².